The van der Waals surface area contributed by atoms with E-state index in [1.807, 2.05) is 48.2 Å². The molecule has 0 aliphatic carbocycles. The number of hydrogen-bond acceptors (Lipinski definition) is 6. The zero-order valence-electron chi connectivity index (χ0n) is 17.7. The molecule has 7 nitrogen and oxygen atoms in total. The number of nitrogens with zero attached hydrogens (tertiary/aromatic N) is 2. The molecule has 1 aliphatic rings. The number of carbonyl (C=O) groups is 2. The van der Waals surface area contributed by atoms with Crippen LogP contribution in [0.1, 0.15) is 40.7 Å². The number of amides is 2. The van der Waals surface area contributed by atoms with Gasteiger partial charge in [-0.3, -0.25) is 9.59 Å². The largest absolute Gasteiger partial charge is 0.497 e. The standard InChI is InChI=1S/C23H26N4O3S/c1-14-10-16(12-19-21(14)26-23(24)31-19)22(29)25-17-6-7-20(28)27(9-8-17)13-15-4-3-5-18(11-15)30-2/h3-5,10-12,17H,6-9,13H2,1-2H3,(H2,24,26)(H,25,29). The summed E-state index contributed by atoms with van der Waals surface area (Å²) in [6.45, 7) is 3.07. The minimum Gasteiger partial charge on any atom is -0.497 e. The number of ether oxygens (including phenoxy) is 1. The lowest BCUT2D eigenvalue weighted by Crippen LogP contribution is -2.36. The van der Waals surface area contributed by atoms with E-state index in [1.54, 1.807) is 7.11 Å². The van der Waals surface area contributed by atoms with E-state index in [1.165, 1.54) is 11.3 Å². The maximum absolute atomic E-state index is 12.9. The van der Waals surface area contributed by atoms with Crippen LogP contribution in [-0.2, 0) is 11.3 Å². The Labute approximate surface area is 185 Å². The molecule has 4 rings (SSSR count). The fourth-order valence-electron chi connectivity index (χ4n) is 3.95. The molecule has 31 heavy (non-hydrogen) atoms. The molecular formula is C23H26N4O3S. The van der Waals surface area contributed by atoms with Crippen molar-refractivity contribution in [1.82, 2.24) is 15.2 Å². The number of nitrogens with two attached hydrogens (primary N) is 1. The molecular weight excluding hydrogens is 412 g/mol. The molecule has 0 spiro atoms. The van der Waals surface area contributed by atoms with Gasteiger partial charge in [-0.25, -0.2) is 4.98 Å². The van der Waals surface area contributed by atoms with Crippen LogP contribution in [0.4, 0.5) is 5.13 Å². The minimum atomic E-state index is -0.129. The number of methoxy groups -OCH3 is 1. The number of carbonyl (C=O) groups excluding carboxylic acids is 2. The lowest BCUT2D eigenvalue weighted by Gasteiger charge is -2.21. The van der Waals surface area contributed by atoms with Crippen LogP contribution in [0, 0.1) is 6.92 Å². The highest BCUT2D eigenvalue weighted by molar-refractivity contribution is 7.22. The lowest BCUT2D eigenvalue weighted by atomic mass is 10.1. The van der Waals surface area contributed by atoms with Gasteiger partial charge in [0.15, 0.2) is 5.13 Å². The quantitative estimate of drug-likeness (QED) is 0.635. The van der Waals surface area contributed by atoms with Gasteiger partial charge in [-0.15, -0.1) is 0 Å². The summed E-state index contributed by atoms with van der Waals surface area (Å²) in [5, 5.41) is 3.61. The van der Waals surface area contributed by atoms with Crippen LogP contribution in [0.25, 0.3) is 10.2 Å². The first-order chi connectivity index (χ1) is 14.9. The van der Waals surface area contributed by atoms with Gasteiger partial charge in [0.1, 0.15) is 5.75 Å². The van der Waals surface area contributed by atoms with Crippen molar-refractivity contribution in [3.63, 3.8) is 0 Å². The Balaban J connectivity index is 1.41. The number of nitrogens with one attached hydrogen (secondary N) is 1. The number of benzene rings is 2. The van der Waals surface area contributed by atoms with Gasteiger partial charge in [-0.05, 0) is 55.2 Å². The van der Waals surface area contributed by atoms with Crippen molar-refractivity contribution in [2.45, 2.75) is 38.8 Å². The molecule has 162 valence electrons. The van der Waals surface area contributed by atoms with Gasteiger partial charge in [-0.1, -0.05) is 23.5 Å². The average molecular weight is 439 g/mol. The average Bonchev–Trinajstić information content (AvgIpc) is 3.06. The highest BCUT2D eigenvalue weighted by Gasteiger charge is 2.24. The molecule has 3 aromatic rings. The maximum Gasteiger partial charge on any atom is 0.251 e. The van der Waals surface area contributed by atoms with Crippen molar-refractivity contribution >= 4 is 38.5 Å². The molecule has 1 aliphatic heterocycles. The van der Waals surface area contributed by atoms with Gasteiger partial charge in [-0.2, -0.15) is 0 Å². The molecule has 0 radical (unpaired) electrons. The summed E-state index contributed by atoms with van der Waals surface area (Å²) in [4.78, 5) is 31.7. The number of hydrogen-bond donors (Lipinski definition) is 2. The normalized spacial score (nSPS) is 16.9. The van der Waals surface area contributed by atoms with E-state index in [0.717, 1.165) is 33.5 Å². The topological polar surface area (TPSA) is 97.6 Å². The number of fused-ring (bicyclic) bond motifs is 1. The molecule has 2 amide bonds. The van der Waals surface area contributed by atoms with E-state index in [4.69, 9.17) is 10.5 Å². The first kappa shape index (κ1) is 21.1. The SMILES string of the molecule is COc1cccc(CN2CCC(NC(=O)c3cc(C)c4nc(N)sc4c3)CCC2=O)c1. The second-order valence-electron chi connectivity index (χ2n) is 7.86. The number of nitrogen functional groups attached to an aromatic ring is 1. The minimum absolute atomic E-state index is 0.0470. The zero-order chi connectivity index (χ0) is 22.0. The molecule has 3 N–H and O–H groups in total. The van der Waals surface area contributed by atoms with Gasteiger partial charge < -0.3 is 20.7 Å². The van der Waals surface area contributed by atoms with Crippen LogP contribution in [0.2, 0.25) is 0 Å². The van der Waals surface area contributed by atoms with Crippen LogP contribution in [-0.4, -0.2) is 41.4 Å². The summed E-state index contributed by atoms with van der Waals surface area (Å²) in [5.74, 6) is 0.757. The molecule has 1 saturated heterocycles. The van der Waals surface area contributed by atoms with Crippen molar-refractivity contribution in [2.75, 3.05) is 19.4 Å². The summed E-state index contributed by atoms with van der Waals surface area (Å²) in [7, 11) is 1.63. The maximum atomic E-state index is 12.9. The third kappa shape index (κ3) is 4.80. The predicted octanol–water partition coefficient (Wildman–Crippen LogP) is 3.51. The summed E-state index contributed by atoms with van der Waals surface area (Å²) in [6.07, 6.45) is 1.77. The van der Waals surface area contributed by atoms with Crippen molar-refractivity contribution < 1.29 is 14.3 Å². The van der Waals surface area contributed by atoms with Crippen LogP contribution in [0.5, 0.6) is 5.75 Å². The van der Waals surface area contributed by atoms with Gasteiger partial charge in [0.2, 0.25) is 5.91 Å². The van der Waals surface area contributed by atoms with Gasteiger partial charge in [0.05, 0.1) is 17.3 Å². The van der Waals surface area contributed by atoms with E-state index in [9.17, 15) is 9.59 Å². The summed E-state index contributed by atoms with van der Waals surface area (Å²) < 4.78 is 6.18. The summed E-state index contributed by atoms with van der Waals surface area (Å²) in [5.41, 5.74) is 9.21. The monoisotopic (exact) mass is 438 g/mol. The van der Waals surface area contributed by atoms with Crippen molar-refractivity contribution in [3.05, 3.63) is 53.1 Å². The second-order valence-corrected chi connectivity index (χ2v) is 8.92. The Morgan fingerprint density at radius 3 is 2.97 bits per heavy atom. The Bertz CT molecular complexity index is 1130. The van der Waals surface area contributed by atoms with Crippen molar-refractivity contribution in [2.24, 2.45) is 0 Å². The van der Waals surface area contributed by atoms with E-state index in [0.29, 0.717) is 36.6 Å². The van der Waals surface area contributed by atoms with E-state index < -0.39 is 0 Å². The molecule has 0 bridgehead atoms. The van der Waals surface area contributed by atoms with Gasteiger partial charge in [0, 0.05) is 31.1 Å². The van der Waals surface area contributed by atoms with E-state index in [2.05, 4.69) is 10.3 Å². The highest BCUT2D eigenvalue weighted by atomic mass is 32.1. The number of anilines is 1. The molecule has 0 saturated carbocycles. The first-order valence-electron chi connectivity index (χ1n) is 10.3. The van der Waals surface area contributed by atoms with Gasteiger partial charge >= 0.3 is 0 Å². The van der Waals surface area contributed by atoms with E-state index in [-0.39, 0.29) is 17.9 Å². The molecule has 1 atom stereocenters. The second kappa shape index (κ2) is 8.93. The zero-order valence-corrected chi connectivity index (χ0v) is 18.5. The van der Waals surface area contributed by atoms with Crippen LogP contribution in [0.15, 0.2) is 36.4 Å². The van der Waals surface area contributed by atoms with Crippen LogP contribution >= 0.6 is 11.3 Å². The van der Waals surface area contributed by atoms with E-state index >= 15 is 0 Å². The van der Waals surface area contributed by atoms with Crippen molar-refractivity contribution in [3.8, 4) is 5.75 Å². The summed E-state index contributed by atoms with van der Waals surface area (Å²) >= 11 is 1.38. The molecule has 8 heteroatoms. The Morgan fingerprint density at radius 1 is 1.32 bits per heavy atom. The number of aromatic nitrogens is 1. The summed E-state index contributed by atoms with van der Waals surface area (Å²) in [6, 6.07) is 11.4. The lowest BCUT2D eigenvalue weighted by molar-refractivity contribution is -0.131. The van der Waals surface area contributed by atoms with Gasteiger partial charge in [0.25, 0.3) is 5.91 Å². The molecule has 1 unspecified atom stereocenters. The third-order valence-corrected chi connectivity index (χ3v) is 6.45. The van der Waals surface area contributed by atoms with Crippen molar-refractivity contribution in [1.29, 1.82) is 0 Å². The number of aryl methyl sites for hydroxylation is 1. The molecule has 2 heterocycles. The number of likely N-dealkylation sites (tertiary alicyclic amines) is 1. The number of rotatable bonds is 5. The predicted molar refractivity (Wildman–Crippen MR) is 122 cm³/mol. The molecule has 2 aromatic carbocycles. The fourth-order valence-corrected chi connectivity index (χ4v) is 4.80. The first-order valence-corrected chi connectivity index (χ1v) is 11.1. The molecule has 1 fully saturated rings. The number of thiazole rings is 1. The third-order valence-electron chi connectivity index (χ3n) is 5.61. The smallest absolute Gasteiger partial charge is 0.251 e. The highest BCUT2D eigenvalue weighted by Crippen LogP contribution is 2.28. The van der Waals surface area contributed by atoms with Crippen LogP contribution in [0.3, 0.4) is 0 Å². The molecule has 1 aromatic heterocycles. The Morgan fingerprint density at radius 2 is 2.16 bits per heavy atom. The Kier molecular flexibility index (Phi) is 6.08. The van der Waals surface area contributed by atoms with Crippen LogP contribution < -0.4 is 15.8 Å². The Hall–Kier alpha value is -3.13. The fraction of sp³-hybridized carbons (Fsp3) is 0.348.